The molecule has 0 aliphatic carbocycles. The topological polar surface area (TPSA) is 84.0 Å². The van der Waals surface area contributed by atoms with Gasteiger partial charge in [0.25, 0.3) is 0 Å². The Morgan fingerprint density at radius 3 is 2.78 bits per heavy atom. The molecule has 1 amide bonds. The smallest absolute Gasteiger partial charge is 0.317 e. The Morgan fingerprint density at radius 1 is 1.22 bits per heavy atom. The molecule has 27 heavy (non-hydrogen) atoms. The Hall–Kier alpha value is -2.67. The largest absolute Gasteiger partial charge is 0.354 e. The maximum Gasteiger partial charge on any atom is 0.317 e. The van der Waals surface area contributed by atoms with Crippen LogP contribution in [0.3, 0.4) is 0 Å². The van der Waals surface area contributed by atoms with Crippen LogP contribution in [-0.2, 0) is 17.6 Å². The molecule has 4 rings (SSSR count). The molecule has 2 aromatic carbocycles. The molecule has 0 radical (unpaired) electrons. The van der Waals surface area contributed by atoms with Gasteiger partial charge in [0.2, 0.25) is 5.91 Å². The third-order valence-corrected chi connectivity index (χ3v) is 5.37. The van der Waals surface area contributed by atoms with Gasteiger partial charge in [0.1, 0.15) is 6.04 Å². The fourth-order valence-corrected chi connectivity index (χ4v) is 4.18. The van der Waals surface area contributed by atoms with Crippen molar-refractivity contribution in [2.24, 2.45) is 0 Å². The van der Waals surface area contributed by atoms with E-state index in [0.29, 0.717) is 36.8 Å². The molecular formula is C20H18BrN3O3. The van der Waals surface area contributed by atoms with E-state index in [0.717, 1.165) is 15.6 Å². The van der Waals surface area contributed by atoms with Crippen LogP contribution in [-0.4, -0.2) is 22.0 Å². The predicted molar refractivity (Wildman–Crippen MR) is 107 cm³/mol. The number of halogens is 1. The van der Waals surface area contributed by atoms with Gasteiger partial charge in [-0.15, -0.1) is 0 Å². The van der Waals surface area contributed by atoms with E-state index in [2.05, 4.69) is 26.2 Å². The van der Waals surface area contributed by atoms with Gasteiger partial charge >= 0.3 is 11.1 Å². The third kappa shape index (κ3) is 3.35. The van der Waals surface area contributed by atoms with Gasteiger partial charge in [-0.3, -0.25) is 19.0 Å². The fraction of sp³-hybridized carbons (Fsp3) is 0.250. The van der Waals surface area contributed by atoms with Crippen molar-refractivity contribution in [1.82, 2.24) is 14.9 Å². The first-order chi connectivity index (χ1) is 13.0. The molecule has 1 atom stereocenters. The summed E-state index contributed by atoms with van der Waals surface area (Å²) in [5.74, 6) is -0.228. The summed E-state index contributed by atoms with van der Waals surface area (Å²) in [6, 6.07) is 12.9. The molecule has 1 aliphatic heterocycles. The van der Waals surface area contributed by atoms with E-state index in [4.69, 9.17) is 0 Å². The van der Waals surface area contributed by atoms with Gasteiger partial charge < -0.3 is 10.3 Å². The van der Waals surface area contributed by atoms with E-state index in [-0.39, 0.29) is 5.91 Å². The van der Waals surface area contributed by atoms with Crippen molar-refractivity contribution in [1.29, 1.82) is 0 Å². The standard InChI is InChI=1S/C20H18BrN3O3/c21-14-10-13-6-7-16(18(25)22-9-8-12-4-2-1-3-5-12)24-17(13)15(11-14)23-19(26)20(24)27/h1-5,10-11,16H,6-9H2,(H,22,25)(H,23,26). The Morgan fingerprint density at radius 2 is 2.00 bits per heavy atom. The summed E-state index contributed by atoms with van der Waals surface area (Å²) in [6.07, 6.45) is 1.86. The number of rotatable bonds is 4. The lowest BCUT2D eigenvalue weighted by Gasteiger charge is -2.26. The minimum atomic E-state index is -0.712. The highest BCUT2D eigenvalue weighted by molar-refractivity contribution is 9.10. The molecule has 3 aromatic rings. The van der Waals surface area contributed by atoms with Gasteiger partial charge in [-0.05, 0) is 42.5 Å². The van der Waals surface area contributed by atoms with Gasteiger partial charge in [-0.25, -0.2) is 0 Å². The van der Waals surface area contributed by atoms with E-state index in [1.165, 1.54) is 4.57 Å². The van der Waals surface area contributed by atoms with Crippen LogP contribution < -0.4 is 16.4 Å². The van der Waals surface area contributed by atoms with Crippen molar-refractivity contribution < 1.29 is 4.79 Å². The second kappa shape index (κ2) is 7.15. The minimum absolute atomic E-state index is 0.228. The molecule has 7 heteroatoms. The number of aryl methyl sites for hydroxylation is 1. The quantitative estimate of drug-likeness (QED) is 0.626. The van der Waals surface area contributed by atoms with Crippen LogP contribution in [0.5, 0.6) is 0 Å². The number of carbonyl (C=O) groups is 1. The Kier molecular flexibility index (Phi) is 4.70. The maximum absolute atomic E-state index is 12.8. The highest BCUT2D eigenvalue weighted by atomic mass is 79.9. The van der Waals surface area contributed by atoms with Crippen LogP contribution in [0, 0.1) is 0 Å². The highest BCUT2D eigenvalue weighted by Gasteiger charge is 2.29. The molecule has 2 heterocycles. The van der Waals surface area contributed by atoms with Gasteiger partial charge in [-0.1, -0.05) is 46.3 Å². The molecular weight excluding hydrogens is 410 g/mol. The highest BCUT2D eigenvalue weighted by Crippen LogP contribution is 2.30. The number of H-pyrrole nitrogens is 1. The van der Waals surface area contributed by atoms with Gasteiger partial charge in [0, 0.05) is 11.0 Å². The van der Waals surface area contributed by atoms with E-state index < -0.39 is 17.2 Å². The van der Waals surface area contributed by atoms with Crippen molar-refractivity contribution in [2.75, 3.05) is 6.54 Å². The lowest BCUT2D eigenvalue weighted by molar-refractivity contribution is -0.124. The van der Waals surface area contributed by atoms with Crippen LogP contribution in [0.25, 0.3) is 11.0 Å². The molecule has 0 saturated heterocycles. The van der Waals surface area contributed by atoms with Gasteiger partial charge in [-0.2, -0.15) is 0 Å². The minimum Gasteiger partial charge on any atom is -0.354 e. The van der Waals surface area contributed by atoms with Crippen molar-refractivity contribution in [3.63, 3.8) is 0 Å². The number of carbonyl (C=O) groups excluding carboxylic acids is 1. The van der Waals surface area contributed by atoms with Crippen LogP contribution in [0.1, 0.15) is 23.6 Å². The van der Waals surface area contributed by atoms with Crippen LogP contribution >= 0.6 is 15.9 Å². The molecule has 0 fully saturated rings. The molecule has 2 N–H and O–H groups in total. The molecule has 1 aliphatic rings. The Labute approximate surface area is 163 Å². The van der Waals surface area contributed by atoms with Crippen molar-refractivity contribution in [3.05, 3.63) is 78.8 Å². The van der Waals surface area contributed by atoms with E-state index in [9.17, 15) is 14.4 Å². The van der Waals surface area contributed by atoms with Gasteiger partial charge in [0.05, 0.1) is 11.0 Å². The zero-order valence-electron chi connectivity index (χ0n) is 14.5. The summed E-state index contributed by atoms with van der Waals surface area (Å²) in [4.78, 5) is 40.0. The molecule has 6 nitrogen and oxygen atoms in total. The summed E-state index contributed by atoms with van der Waals surface area (Å²) in [5.41, 5.74) is 1.88. The second-order valence-electron chi connectivity index (χ2n) is 6.67. The van der Waals surface area contributed by atoms with E-state index in [1.54, 1.807) is 6.07 Å². The monoisotopic (exact) mass is 427 g/mol. The average Bonchev–Trinajstić information content (AvgIpc) is 2.66. The number of benzene rings is 2. The van der Waals surface area contributed by atoms with Crippen LogP contribution in [0.15, 0.2) is 56.5 Å². The molecule has 0 spiro atoms. The predicted octanol–water partition coefficient (Wildman–Crippen LogP) is 2.30. The summed E-state index contributed by atoms with van der Waals surface area (Å²) >= 11 is 3.43. The summed E-state index contributed by atoms with van der Waals surface area (Å²) in [5, 5.41) is 2.91. The first-order valence-electron chi connectivity index (χ1n) is 8.83. The fourth-order valence-electron chi connectivity index (χ4n) is 3.67. The van der Waals surface area contributed by atoms with Crippen LogP contribution in [0.4, 0.5) is 0 Å². The molecule has 0 bridgehead atoms. The summed E-state index contributed by atoms with van der Waals surface area (Å²) in [7, 11) is 0. The van der Waals surface area contributed by atoms with Crippen LogP contribution in [0.2, 0.25) is 0 Å². The first kappa shape index (κ1) is 17.7. The number of hydrogen-bond acceptors (Lipinski definition) is 3. The molecule has 138 valence electrons. The molecule has 1 unspecified atom stereocenters. The summed E-state index contributed by atoms with van der Waals surface area (Å²) < 4.78 is 2.19. The Bertz CT molecular complexity index is 1130. The zero-order valence-corrected chi connectivity index (χ0v) is 16.1. The number of hydrogen-bond donors (Lipinski definition) is 2. The van der Waals surface area contributed by atoms with Crippen molar-refractivity contribution >= 4 is 32.9 Å². The van der Waals surface area contributed by atoms with E-state index in [1.807, 2.05) is 36.4 Å². The third-order valence-electron chi connectivity index (χ3n) is 4.91. The summed E-state index contributed by atoms with van der Waals surface area (Å²) in [6.45, 7) is 0.480. The van der Waals surface area contributed by atoms with E-state index >= 15 is 0 Å². The number of amides is 1. The maximum atomic E-state index is 12.8. The second-order valence-corrected chi connectivity index (χ2v) is 7.59. The number of nitrogens with one attached hydrogen (secondary N) is 2. The van der Waals surface area contributed by atoms with Crippen molar-refractivity contribution in [2.45, 2.75) is 25.3 Å². The first-order valence-corrected chi connectivity index (χ1v) is 9.62. The Balaban J connectivity index is 1.64. The zero-order chi connectivity index (χ0) is 19.0. The lowest BCUT2D eigenvalue weighted by Crippen LogP contribution is -2.45. The average molecular weight is 428 g/mol. The molecule has 0 saturated carbocycles. The normalized spacial score (nSPS) is 15.7. The SMILES string of the molecule is O=C(NCCc1ccccc1)C1CCc2cc(Br)cc3[nH]c(=O)c(=O)n1c23. The van der Waals surface area contributed by atoms with Crippen molar-refractivity contribution in [3.8, 4) is 0 Å². The van der Waals surface area contributed by atoms with Gasteiger partial charge in [0.15, 0.2) is 0 Å². The number of nitrogens with zero attached hydrogens (tertiary/aromatic N) is 1. The number of aromatic amines is 1. The molecule has 1 aromatic heterocycles. The lowest BCUT2D eigenvalue weighted by atomic mass is 9.97. The number of aromatic nitrogens is 2.